The molecule has 0 radical (unpaired) electrons. The van der Waals surface area contributed by atoms with Gasteiger partial charge in [0.2, 0.25) is 5.91 Å². The molecule has 1 aromatic rings. The molecule has 0 atom stereocenters. The SMILES string of the molecule is O=C(NCC1(O)CCCC1)C(=O)Nc1cc2c3c(c1)CCN3C(=O)CC2. The van der Waals surface area contributed by atoms with E-state index >= 15 is 0 Å². The van der Waals surface area contributed by atoms with Gasteiger partial charge in [-0.15, -0.1) is 0 Å². The van der Waals surface area contributed by atoms with E-state index in [-0.39, 0.29) is 12.5 Å². The van der Waals surface area contributed by atoms with Crippen LogP contribution in [0.1, 0.15) is 43.2 Å². The van der Waals surface area contributed by atoms with Crippen molar-refractivity contribution in [3.8, 4) is 0 Å². The lowest BCUT2D eigenvalue weighted by Crippen LogP contribution is -2.44. The van der Waals surface area contributed by atoms with E-state index in [1.807, 2.05) is 17.0 Å². The Morgan fingerprint density at radius 2 is 1.77 bits per heavy atom. The second-order valence-electron chi connectivity index (χ2n) is 7.51. The highest BCUT2D eigenvalue weighted by Crippen LogP contribution is 2.38. The Hall–Kier alpha value is -2.41. The van der Waals surface area contributed by atoms with Gasteiger partial charge in [-0.1, -0.05) is 12.8 Å². The third-order valence-corrected chi connectivity index (χ3v) is 5.63. The van der Waals surface area contributed by atoms with E-state index in [9.17, 15) is 19.5 Å². The van der Waals surface area contributed by atoms with Crippen molar-refractivity contribution in [2.45, 2.75) is 50.5 Å². The molecule has 1 aromatic carbocycles. The predicted molar refractivity (Wildman–Crippen MR) is 95.9 cm³/mol. The largest absolute Gasteiger partial charge is 0.388 e. The molecular weight excluding hydrogens is 334 g/mol. The zero-order valence-electron chi connectivity index (χ0n) is 14.6. The second kappa shape index (κ2) is 6.39. The van der Waals surface area contributed by atoms with Crippen LogP contribution in [0.4, 0.5) is 11.4 Å². The monoisotopic (exact) mass is 357 g/mol. The highest BCUT2D eigenvalue weighted by atomic mass is 16.3. The van der Waals surface area contributed by atoms with Crippen molar-refractivity contribution in [3.05, 3.63) is 23.3 Å². The zero-order valence-corrected chi connectivity index (χ0v) is 14.6. The van der Waals surface area contributed by atoms with E-state index in [1.165, 1.54) is 0 Å². The summed E-state index contributed by atoms with van der Waals surface area (Å²) in [5.74, 6) is -1.32. The van der Waals surface area contributed by atoms with Crippen LogP contribution in [0.2, 0.25) is 0 Å². The van der Waals surface area contributed by atoms with Gasteiger partial charge in [-0.05, 0) is 48.9 Å². The van der Waals surface area contributed by atoms with Crippen LogP contribution >= 0.6 is 0 Å². The van der Waals surface area contributed by atoms with Crippen LogP contribution in [0.25, 0.3) is 0 Å². The van der Waals surface area contributed by atoms with Gasteiger partial charge in [0.25, 0.3) is 0 Å². The Balaban J connectivity index is 1.42. The molecule has 2 heterocycles. The number of hydrogen-bond acceptors (Lipinski definition) is 4. The molecule has 1 fully saturated rings. The number of nitrogens with one attached hydrogen (secondary N) is 2. The average Bonchev–Trinajstić information content (AvgIpc) is 3.24. The molecule has 26 heavy (non-hydrogen) atoms. The van der Waals surface area contributed by atoms with Gasteiger partial charge in [-0.25, -0.2) is 0 Å². The molecule has 7 heteroatoms. The highest BCUT2D eigenvalue weighted by molar-refractivity contribution is 6.39. The standard InChI is InChI=1S/C19H23N3O4/c23-15-4-3-12-9-14(10-13-5-8-22(15)16(12)13)21-18(25)17(24)20-11-19(26)6-1-2-7-19/h9-10,26H,1-8,11H2,(H,20,24)(H,21,25). The molecule has 0 bridgehead atoms. The topological polar surface area (TPSA) is 98.7 Å². The summed E-state index contributed by atoms with van der Waals surface area (Å²) < 4.78 is 0. The fourth-order valence-corrected chi connectivity index (χ4v) is 4.25. The van der Waals surface area contributed by atoms with Crippen molar-refractivity contribution in [1.82, 2.24) is 5.32 Å². The Morgan fingerprint density at radius 1 is 1.08 bits per heavy atom. The van der Waals surface area contributed by atoms with E-state index < -0.39 is 17.4 Å². The number of amides is 3. The van der Waals surface area contributed by atoms with Gasteiger partial charge in [0.05, 0.1) is 11.3 Å². The molecule has 4 rings (SSSR count). The lowest BCUT2D eigenvalue weighted by Gasteiger charge is -2.26. The second-order valence-corrected chi connectivity index (χ2v) is 7.51. The third-order valence-electron chi connectivity index (χ3n) is 5.63. The zero-order chi connectivity index (χ0) is 18.3. The maximum atomic E-state index is 12.2. The van der Waals surface area contributed by atoms with Crippen LogP contribution in [0.15, 0.2) is 12.1 Å². The number of rotatable bonds is 3. The number of anilines is 2. The third kappa shape index (κ3) is 3.07. The summed E-state index contributed by atoms with van der Waals surface area (Å²) in [5.41, 5.74) is 2.74. The molecular formula is C19H23N3O4. The van der Waals surface area contributed by atoms with Gasteiger partial charge in [-0.3, -0.25) is 14.4 Å². The number of aryl methyl sites for hydroxylation is 1. The van der Waals surface area contributed by atoms with E-state index in [0.717, 1.165) is 36.1 Å². The quantitative estimate of drug-likeness (QED) is 0.700. The average molecular weight is 357 g/mol. The van der Waals surface area contributed by atoms with Gasteiger partial charge in [0.1, 0.15) is 0 Å². The summed E-state index contributed by atoms with van der Waals surface area (Å²) >= 11 is 0. The van der Waals surface area contributed by atoms with Crippen molar-refractivity contribution in [3.63, 3.8) is 0 Å². The van der Waals surface area contributed by atoms with E-state index in [4.69, 9.17) is 0 Å². The van der Waals surface area contributed by atoms with Gasteiger partial charge in [0, 0.05) is 25.2 Å². The van der Waals surface area contributed by atoms with Crippen LogP contribution < -0.4 is 15.5 Å². The molecule has 0 spiro atoms. The number of hydrogen-bond donors (Lipinski definition) is 3. The molecule has 138 valence electrons. The summed E-state index contributed by atoms with van der Waals surface area (Å²) in [7, 11) is 0. The van der Waals surface area contributed by atoms with Crippen molar-refractivity contribution in [2.24, 2.45) is 0 Å². The highest BCUT2D eigenvalue weighted by Gasteiger charge is 2.33. The molecule has 2 aliphatic heterocycles. The van der Waals surface area contributed by atoms with E-state index in [1.54, 1.807) is 0 Å². The molecule has 3 N–H and O–H groups in total. The van der Waals surface area contributed by atoms with Crippen LogP contribution in [0.5, 0.6) is 0 Å². The normalized spacial score (nSPS) is 20.0. The summed E-state index contributed by atoms with van der Waals surface area (Å²) in [6.45, 7) is 0.781. The summed E-state index contributed by atoms with van der Waals surface area (Å²) in [4.78, 5) is 38.0. The molecule has 0 unspecified atom stereocenters. The molecule has 1 saturated carbocycles. The number of nitrogens with zero attached hydrogens (tertiary/aromatic N) is 1. The first-order valence-corrected chi connectivity index (χ1v) is 9.23. The first-order chi connectivity index (χ1) is 12.5. The summed E-state index contributed by atoms with van der Waals surface area (Å²) in [5, 5.41) is 15.4. The minimum Gasteiger partial charge on any atom is -0.388 e. The molecule has 0 aromatic heterocycles. The predicted octanol–water partition coefficient (Wildman–Crippen LogP) is 0.882. The van der Waals surface area contributed by atoms with Crippen LogP contribution in [-0.2, 0) is 27.2 Å². The molecule has 7 nitrogen and oxygen atoms in total. The summed E-state index contributed by atoms with van der Waals surface area (Å²) in [6, 6.07) is 3.69. The Labute approximate surface area is 151 Å². The van der Waals surface area contributed by atoms with Crippen molar-refractivity contribution in [1.29, 1.82) is 0 Å². The number of carbonyl (C=O) groups is 3. The number of aliphatic hydroxyl groups is 1. The minimum atomic E-state index is -0.885. The van der Waals surface area contributed by atoms with Crippen molar-refractivity contribution in [2.75, 3.05) is 23.3 Å². The first kappa shape index (κ1) is 17.0. The van der Waals surface area contributed by atoms with E-state index in [2.05, 4.69) is 10.6 Å². The number of carbonyl (C=O) groups excluding carboxylic acids is 3. The summed E-state index contributed by atoms with van der Waals surface area (Å²) in [6.07, 6.45) is 5.07. The fourth-order valence-electron chi connectivity index (χ4n) is 4.25. The van der Waals surface area contributed by atoms with E-state index in [0.29, 0.717) is 37.9 Å². The van der Waals surface area contributed by atoms with Gasteiger partial charge in [-0.2, -0.15) is 0 Å². The maximum absolute atomic E-state index is 12.2. The Bertz CT molecular complexity index is 783. The number of benzene rings is 1. The Kier molecular flexibility index (Phi) is 4.19. The molecule has 1 aliphatic carbocycles. The van der Waals surface area contributed by atoms with Gasteiger partial charge in [0.15, 0.2) is 0 Å². The molecule has 3 aliphatic rings. The molecule has 0 saturated heterocycles. The van der Waals surface area contributed by atoms with Crippen LogP contribution in [0.3, 0.4) is 0 Å². The Morgan fingerprint density at radius 3 is 2.50 bits per heavy atom. The fraction of sp³-hybridized carbons (Fsp3) is 0.526. The minimum absolute atomic E-state index is 0.103. The van der Waals surface area contributed by atoms with Crippen LogP contribution in [0, 0.1) is 0 Å². The van der Waals surface area contributed by atoms with Gasteiger partial charge < -0.3 is 20.6 Å². The molecule has 3 amide bonds. The lowest BCUT2D eigenvalue weighted by atomic mass is 9.98. The van der Waals surface area contributed by atoms with Crippen molar-refractivity contribution >= 4 is 29.1 Å². The van der Waals surface area contributed by atoms with Crippen molar-refractivity contribution < 1.29 is 19.5 Å². The van der Waals surface area contributed by atoms with Gasteiger partial charge >= 0.3 is 11.8 Å². The lowest BCUT2D eigenvalue weighted by molar-refractivity contribution is -0.136. The smallest absolute Gasteiger partial charge is 0.313 e. The maximum Gasteiger partial charge on any atom is 0.313 e. The van der Waals surface area contributed by atoms with Crippen LogP contribution in [-0.4, -0.2) is 41.5 Å². The first-order valence-electron chi connectivity index (χ1n) is 9.23.